The summed E-state index contributed by atoms with van der Waals surface area (Å²) in [4.78, 5) is 4.16. The summed E-state index contributed by atoms with van der Waals surface area (Å²) in [6.45, 7) is 0. The number of nitriles is 1. The Morgan fingerprint density at radius 3 is 3.12 bits per heavy atom. The first-order chi connectivity index (χ1) is 7.90. The molecule has 0 saturated carbocycles. The van der Waals surface area contributed by atoms with E-state index >= 15 is 0 Å². The second-order valence-corrected chi connectivity index (χ2v) is 4.05. The van der Waals surface area contributed by atoms with Crippen LogP contribution in [0.25, 0.3) is 0 Å². The van der Waals surface area contributed by atoms with Crippen LogP contribution in [-0.2, 0) is 6.42 Å². The summed E-state index contributed by atoms with van der Waals surface area (Å²) in [6.07, 6.45) is 5.89. The third-order valence-corrected chi connectivity index (χ3v) is 3.20. The van der Waals surface area contributed by atoms with Crippen molar-refractivity contribution in [3.05, 3.63) is 53.6 Å². The molecule has 1 aliphatic heterocycles. The fraction of sp³-hybridized carbons (Fsp3) is 0.231. The van der Waals surface area contributed by atoms with Crippen molar-refractivity contribution in [1.29, 1.82) is 5.26 Å². The second kappa shape index (κ2) is 3.49. The molecule has 1 aliphatic rings. The molecular weight excluding hydrogens is 198 g/mol. The van der Waals surface area contributed by atoms with Crippen LogP contribution >= 0.6 is 0 Å². The van der Waals surface area contributed by atoms with E-state index in [2.05, 4.69) is 15.6 Å². The molecule has 1 aromatic heterocycles. The van der Waals surface area contributed by atoms with E-state index in [9.17, 15) is 0 Å². The molecule has 3 heteroatoms. The first kappa shape index (κ1) is 9.17. The van der Waals surface area contributed by atoms with E-state index in [0.29, 0.717) is 0 Å². The van der Waals surface area contributed by atoms with Gasteiger partial charge in [-0.05, 0) is 24.5 Å². The van der Waals surface area contributed by atoms with E-state index in [1.807, 2.05) is 36.8 Å². The molecule has 0 fully saturated rings. The van der Waals surface area contributed by atoms with Crippen LogP contribution in [0.15, 0.2) is 36.8 Å². The maximum atomic E-state index is 9.10. The van der Waals surface area contributed by atoms with Gasteiger partial charge in [-0.2, -0.15) is 5.26 Å². The monoisotopic (exact) mass is 209 g/mol. The van der Waals surface area contributed by atoms with E-state index in [0.717, 1.165) is 24.0 Å². The molecule has 1 aromatic carbocycles. The largest absolute Gasteiger partial charge is 0.327 e. The van der Waals surface area contributed by atoms with E-state index in [4.69, 9.17) is 5.26 Å². The average Bonchev–Trinajstić information content (AvgIpc) is 2.91. The molecule has 0 aliphatic carbocycles. The SMILES string of the molecule is N#Cc1ccccc1C1CCc2cncn21. The van der Waals surface area contributed by atoms with Crippen molar-refractivity contribution >= 4 is 0 Å². The molecule has 0 bridgehead atoms. The smallest absolute Gasteiger partial charge is 0.0995 e. The van der Waals surface area contributed by atoms with Crippen molar-refractivity contribution < 1.29 is 0 Å². The molecule has 0 saturated heterocycles. The predicted molar refractivity (Wildman–Crippen MR) is 59.8 cm³/mol. The number of aryl methyl sites for hydroxylation is 1. The lowest BCUT2D eigenvalue weighted by molar-refractivity contribution is 0.614. The van der Waals surface area contributed by atoms with Gasteiger partial charge in [-0.15, -0.1) is 0 Å². The highest BCUT2D eigenvalue weighted by Crippen LogP contribution is 2.32. The Balaban J connectivity index is 2.10. The third-order valence-electron chi connectivity index (χ3n) is 3.20. The van der Waals surface area contributed by atoms with Crippen LogP contribution in [0.1, 0.15) is 29.3 Å². The van der Waals surface area contributed by atoms with E-state index in [1.54, 1.807) is 0 Å². The normalized spacial score (nSPS) is 18.1. The summed E-state index contributed by atoms with van der Waals surface area (Å²) in [5, 5.41) is 9.10. The van der Waals surface area contributed by atoms with Crippen LogP contribution in [0.2, 0.25) is 0 Å². The third kappa shape index (κ3) is 1.24. The molecule has 3 nitrogen and oxygen atoms in total. The number of hydrogen-bond donors (Lipinski definition) is 0. The van der Waals surface area contributed by atoms with Crippen LogP contribution in [0.5, 0.6) is 0 Å². The summed E-state index contributed by atoms with van der Waals surface area (Å²) in [5.41, 5.74) is 3.15. The van der Waals surface area contributed by atoms with Crippen molar-refractivity contribution in [2.24, 2.45) is 0 Å². The zero-order valence-electron chi connectivity index (χ0n) is 8.80. The Labute approximate surface area is 94.0 Å². The van der Waals surface area contributed by atoms with Gasteiger partial charge in [0.05, 0.1) is 24.0 Å². The summed E-state index contributed by atoms with van der Waals surface area (Å²) in [5.74, 6) is 0. The van der Waals surface area contributed by atoms with Gasteiger partial charge in [-0.25, -0.2) is 4.98 Å². The minimum absolute atomic E-state index is 0.286. The predicted octanol–water partition coefficient (Wildman–Crippen LogP) is 2.29. The van der Waals surface area contributed by atoms with Gasteiger partial charge in [0.2, 0.25) is 0 Å². The highest BCUT2D eigenvalue weighted by atomic mass is 15.1. The Bertz CT molecular complexity index is 563. The molecule has 1 atom stereocenters. The lowest BCUT2D eigenvalue weighted by Crippen LogP contribution is -2.06. The molecule has 0 amide bonds. The first-order valence-electron chi connectivity index (χ1n) is 5.40. The van der Waals surface area contributed by atoms with Crippen molar-refractivity contribution in [1.82, 2.24) is 9.55 Å². The zero-order chi connectivity index (χ0) is 11.0. The number of aromatic nitrogens is 2. The molecular formula is C13H11N3. The van der Waals surface area contributed by atoms with E-state index in [1.165, 1.54) is 5.69 Å². The Morgan fingerprint density at radius 1 is 1.38 bits per heavy atom. The first-order valence-corrected chi connectivity index (χ1v) is 5.40. The number of imidazole rings is 1. The van der Waals surface area contributed by atoms with Gasteiger partial charge in [0.15, 0.2) is 0 Å². The molecule has 3 rings (SSSR count). The van der Waals surface area contributed by atoms with E-state index < -0.39 is 0 Å². The average molecular weight is 209 g/mol. The zero-order valence-corrected chi connectivity index (χ0v) is 8.80. The van der Waals surface area contributed by atoms with Crippen molar-refractivity contribution in [3.63, 3.8) is 0 Å². The Morgan fingerprint density at radius 2 is 2.25 bits per heavy atom. The fourth-order valence-corrected chi connectivity index (χ4v) is 2.42. The number of rotatable bonds is 1. The minimum Gasteiger partial charge on any atom is -0.327 e. The number of fused-ring (bicyclic) bond motifs is 1. The van der Waals surface area contributed by atoms with Crippen LogP contribution in [0.3, 0.4) is 0 Å². The summed E-state index contributed by atoms with van der Waals surface area (Å²) in [7, 11) is 0. The highest BCUT2D eigenvalue weighted by molar-refractivity contribution is 5.40. The lowest BCUT2D eigenvalue weighted by atomic mass is 9.99. The minimum atomic E-state index is 0.286. The summed E-state index contributed by atoms with van der Waals surface area (Å²) < 4.78 is 2.18. The quantitative estimate of drug-likeness (QED) is 0.723. The number of nitrogens with zero attached hydrogens (tertiary/aromatic N) is 3. The van der Waals surface area contributed by atoms with Crippen molar-refractivity contribution in [2.75, 3.05) is 0 Å². The van der Waals surface area contributed by atoms with Crippen molar-refractivity contribution in [3.8, 4) is 6.07 Å². The highest BCUT2D eigenvalue weighted by Gasteiger charge is 2.24. The Kier molecular flexibility index (Phi) is 2.00. The summed E-state index contributed by atoms with van der Waals surface area (Å²) in [6, 6.07) is 10.4. The van der Waals surface area contributed by atoms with Crippen LogP contribution in [-0.4, -0.2) is 9.55 Å². The molecule has 16 heavy (non-hydrogen) atoms. The molecule has 2 heterocycles. The summed E-state index contributed by atoms with van der Waals surface area (Å²) >= 11 is 0. The topological polar surface area (TPSA) is 41.6 Å². The standard InChI is InChI=1S/C13H11N3/c14-7-10-3-1-2-4-12(10)13-6-5-11-8-15-9-16(11)13/h1-4,8-9,13H,5-6H2. The van der Waals surface area contributed by atoms with Gasteiger partial charge >= 0.3 is 0 Å². The maximum Gasteiger partial charge on any atom is 0.0995 e. The molecule has 78 valence electrons. The van der Waals surface area contributed by atoms with Crippen LogP contribution < -0.4 is 0 Å². The molecule has 1 unspecified atom stereocenters. The maximum absolute atomic E-state index is 9.10. The molecule has 0 spiro atoms. The molecule has 0 N–H and O–H groups in total. The van der Waals surface area contributed by atoms with Gasteiger partial charge in [-0.1, -0.05) is 18.2 Å². The molecule has 0 radical (unpaired) electrons. The van der Waals surface area contributed by atoms with Gasteiger partial charge in [0.25, 0.3) is 0 Å². The second-order valence-electron chi connectivity index (χ2n) is 4.05. The Hall–Kier alpha value is -2.08. The van der Waals surface area contributed by atoms with Crippen LogP contribution in [0, 0.1) is 11.3 Å². The molecule has 2 aromatic rings. The van der Waals surface area contributed by atoms with Gasteiger partial charge in [0, 0.05) is 11.9 Å². The van der Waals surface area contributed by atoms with Gasteiger partial charge in [0.1, 0.15) is 0 Å². The van der Waals surface area contributed by atoms with Gasteiger partial charge in [-0.3, -0.25) is 0 Å². The number of benzene rings is 1. The van der Waals surface area contributed by atoms with E-state index in [-0.39, 0.29) is 6.04 Å². The van der Waals surface area contributed by atoms with Gasteiger partial charge < -0.3 is 4.57 Å². The number of hydrogen-bond acceptors (Lipinski definition) is 2. The fourth-order valence-electron chi connectivity index (χ4n) is 2.42. The lowest BCUT2D eigenvalue weighted by Gasteiger charge is -2.14. The van der Waals surface area contributed by atoms with Crippen molar-refractivity contribution in [2.45, 2.75) is 18.9 Å². The van der Waals surface area contributed by atoms with Crippen LogP contribution in [0.4, 0.5) is 0 Å².